The monoisotopic (exact) mass is 679 g/mol. The summed E-state index contributed by atoms with van der Waals surface area (Å²) in [6.07, 6.45) is 47.0. The van der Waals surface area contributed by atoms with Crippen molar-refractivity contribution in [2.75, 3.05) is 5.75 Å². The predicted octanol–water partition coefficient (Wildman–Crippen LogP) is 14.3. The summed E-state index contributed by atoms with van der Waals surface area (Å²) in [7, 11) is 0. The second-order valence-electron chi connectivity index (χ2n) is 14.1. The van der Waals surface area contributed by atoms with E-state index >= 15 is 0 Å². The van der Waals surface area contributed by atoms with Crippen LogP contribution in [0.4, 0.5) is 0 Å². The van der Waals surface area contributed by atoms with Crippen LogP contribution in [0.3, 0.4) is 0 Å². The number of carboxylic acids is 2. The third-order valence-corrected chi connectivity index (χ3v) is 11.1. The largest absolute Gasteiger partial charge is 0.481 e. The first-order valence-electron chi connectivity index (χ1n) is 20.3. The average Bonchev–Trinajstić information content (AvgIpc) is 3.04. The van der Waals surface area contributed by atoms with Gasteiger partial charge in [0.2, 0.25) is 0 Å². The maximum atomic E-state index is 11.9. The van der Waals surface area contributed by atoms with Crippen molar-refractivity contribution in [1.29, 1.82) is 0 Å². The van der Waals surface area contributed by atoms with Crippen LogP contribution >= 0.6 is 11.8 Å². The second-order valence-corrected chi connectivity index (χ2v) is 15.7. The van der Waals surface area contributed by atoms with Crippen molar-refractivity contribution in [3.05, 3.63) is 24.3 Å². The van der Waals surface area contributed by atoms with Gasteiger partial charge in [-0.25, -0.2) is 0 Å². The molecule has 4 nitrogen and oxygen atoms in total. The zero-order valence-corrected chi connectivity index (χ0v) is 32.1. The van der Waals surface area contributed by atoms with Crippen LogP contribution in [0.5, 0.6) is 0 Å². The van der Waals surface area contributed by atoms with Crippen LogP contribution in [0.1, 0.15) is 219 Å². The molecule has 276 valence electrons. The number of unbranched alkanes of at least 4 members (excludes halogenated alkanes) is 24. The molecule has 0 rings (SSSR count). The fourth-order valence-corrected chi connectivity index (χ4v) is 8.03. The third-order valence-electron chi connectivity index (χ3n) is 9.49. The summed E-state index contributed by atoms with van der Waals surface area (Å²) in [4.78, 5) is 23.1. The average molecular weight is 679 g/mol. The molecule has 47 heavy (non-hydrogen) atoms. The number of thioether (sulfide) groups is 1. The molecule has 0 bridgehead atoms. The summed E-state index contributed by atoms with van der Waals surface area (Å²) in [6, 6.07) is 0. The Labute approximate surface area is 296 Å². The molecule has 0 aliphatic rings. The molecule has 0 aromatic rings. The number of carboxylic acid groups (broad SMARTS) is 2. The van der Waals surface area contributed by atoms with Crippen molar-refractivity contribution < 1.29 is 19.8 Å². The summed E-state index contributed by atoms with van der Waals surface area (Å²) in [5.41, 5.74) is 0. The molecular weight excluding hydrogens is 601 g/mol. The van der Waals surface area contributed by atoms with Gasteiger partial charge in [0.15, 0.2) is 0 Å². The Hall–Kier alpha value is -1.23. The molecule has 0 aliphatic heterocycles. The topological polar surface area (TPSA) is 74.6 Å². The Bertz CT molecular complexity index is 705. The Balaban J connectivity index is 4.23. The van der Waals surface area contributed by atoms with E-state index in [9.17, 15) is 19.8 Å². The van der Waals surface area contributed by atoms with Crippen molar-refractivity contribution in [1.82, 2.24) is 0 Å². The van der Waals surface area contributed by atoms with Crippen LogP contribution in [0.2, 0.25) is 0 Å². The van der Waals surface area contributed by atoms with Gasteiger partial charge in [-0.2, -0.15) is 11.8 Å². The highest BCUT2D eigenvalue weighted by atomic mass is 32.2. The van der Waals surface area contributed by atoms with Gasteiger partial charge in [-0.05, 0) is 64.2 Å². The zero-order valence-electron chi connectivity index (χ0n) is 31.3. The minimum Gasteiger partial charge on any atom is -0.481 e. The lowest BCUT2D eigenvalue weighted by Crippen LogP contribution is -2.29. The van der Waals surface area contributed by atoms with Crippen LogP contribution in [-0.4, -0.2) is 32.7 Å². The second kappa shape index (κ2) is 36.1. The normalized spacial score (nSPS) is 13.1. The molecule has 0 amide bonds. The molecule has 0 fully saturated rings. The molecule has 0 radical (unpaired) electrons. The Morgan fingerprint density at radius 2 is 0.787 bits per heavy atom. The number of hydrogen-bond acceptors (Lipinski definition) is 3. The maximum Gasteiger partial charge on any atom is 0.304 e. The van der Waals surface area contributed by atoms with Crippen LogP contribution in [0.25, 0.3) is 0 Å². The zero-order chi connectivity index (χ0) is 34.5. The van der Waals surface area contributed by atoms with Crippen molar-refractivity contribution in [3.63, 3.8) is 0 Å². The van der Waals surface area contributed by atoms with E-state index in [-0.39, 0.29) is 17.6 Å². The van der Waals surface area contributed by atoms with Crippen LogP contribution in [-0.2, 0) is 9.59 Å². The van der Waals surface area contributed by atoms with E-state index in [1.165, 1.54) is 154 Å². The van der Waals surface area contributed by atoms with Crippen molar-refractivity contribution in [3.8, 4) is 0 Å². The van der Waals surface area contributed by atoms with Gasteiger partial charge in [-0.15, -0.1) is 0 Å². The summed E-state index contributed by atoms with van der Waals surface area (Å²) in [5, 5.41) is 19.0. The van der Waals surface area contributed by atoms with E-state index in [0.717, 1.165) is 38.5 Å². The molecule has 0 spiro atoms. The molecule has 0 aromatic heterocycles. The Kier molecular flexibility index (Phi) is 35.1. The first-order chi connectivity index (χ1) is 23.0. The highest BCUT2D eigenvalue weighted by molar-refractivity contribution is 8.00. The lowest BCUT2D eigenvalue weighted by Gasteiger charge is -2.32. The van der Waals surface area contributed by atoms with Gasteiger partial charge in [-0.3, -0.25) is 9.59 Å². The maximum absolute atomic E-state index is 11.9. The number of rotatable bonds is 38. The van der Waals surface area contributed by atoms with E-state index in [1.54, 1.807) is 11.8 Å². The van der Waals surface area contributed by atoms with Gasteiger partial charge < -0.3 is 10.2 Å². The van der Waals surface area contributed by atoms with Gasteiger partial charge >= 0.3 is 11.9 Å². The summed E-state index contributed by atoms with van der Waals surface area (Å²) < 4.78 is -0.330. The lowest BCUT2D eigenvalue weighted by molar-refractivity contribution is -0.138. The number of allylic oxidation sites excluding steroid dienone is 4. The van der Waals surface area contributed by atoms with Gasteiger partial charge in [-0.1, -0.05) is 167 Å². The molecule has 0 heterocycles. The van der Waals surface area contributed by atoms with Crippen LogP contribution in [0, 0.1) is 0 Å². The molecule has 0 unspecified atom stereocenters. The molecule has 0 aliphatic carbocycles. The molecule has 0 saturated carbocycles. The van der Waals surface area contributed by atoms with E-state index in [4.69, 9.17) is 0 Å². The van der Waals surface area contributed by atoms with Crippen LogP contribution in [0.15, 0.2) is 24.3 Å². The summed E-state index contributed by atoms with van der Waals surface area (Å²) >= 11 is 1.62. The quantitative estimate of drug-likeness (QED) is 0.0502. The first kappa shape index (κ1) is 45.8. The fraction of sp³-hybridized carbons (Fsp3) is 0.857. The highest BCUT2D eigenvalue weighted by Crippen LogP contribution is 2.40. The van der Waals surface area contributed by atoms with Gasteiger partial charge in [0.25, 0.3) is 0 Å². The fourth-order valence-electron chi connectivity index (χ4n) is 6.52. The van der Waals surface area contributed by atoms with Crippen molar-refractivity contribution >= 4 is 23.7 Å². The smallest absolute Gasteiger partial charge is 0.304 e. The minimum atomic E-state index is -0.795. The summed E-state index contributed by atoms with van der Waals surface area (Å²) in [6.45, 7) is 4.54. The number of hydrogen-bond donors (Lipinski definition) is 2. The minimum absolute atomic E-state index is 0.104. The van der Waals surface area contributed by atoms with E-state index in [1.807, 2.05) is 0 Å². The molecular formula is C42H78O4S. The van der Waals surface area contributed by atoms with Gasteiger partial charge in [0.05, 0.1) is 12.8 Å². The summed E-state index contributed by atoms with van der Waals surface area (Å²) in [5.74, 6) is -1.04. The van der Waals surface area contributed by atoms with Gasteiger partial charge in [0.1, 0.15) is 0 Å². The van der Waals surface area contributed by atoms with Crippen molar-refractivity contribution in [2.45, 2.75) is 224 Å². The van der Waals surface area contributed by atoms with E-state index in [2.05, 4.69) is 38.2 Å². The molecule has 0 atom stereocenters. The molecule has 0 saturated heterocycles. The van der Waals surface area contributed by atoms with Crippen LogP contribution < -0.4 is 0 Å². The Morgan fingerprint density at radius 3 is 1.11 bits per heavy atom. The number of carbonyl (C=O) groups is 2. The third kappa shape index (κ3) is 34.4. The first-order valence-corrected chi connectivity index (χ1v) is 21.3. The highest BCUT2D eigenvalue weighted by Gasteiger charge is 2.32. The van der Waals surface area contributed by atoms with Crippen molar-refractivity contribution in [2.24, 2.45) is 0 Å². The number of aliphatic carboxylic acids is 2. The van der Waals surface area contributed by atoms with E-state index in [0.29, 0.717) is 5.75 Å². The lowest BCUT2D eigenvalue weighted by atomic mass is 9.90. The standard InChI is InChI=1S/C42H78O4S/c1-3-5-7-9-11-13-15-17-19-21-23-25-27-29-31-33-36-42(39-41(45)46,47-38-35-40(43)44)37-34-32-30-28-26-24-22-20-18-16-14-12-10-8-6-4-2/h17-20H,3-16,21-39H2,1-2H3,(H,43,44)(H,45,46). The molecule has 2 N–H and O–H groups in total. The Morgan fingerprint density at radius 1 is 0.468 bits per heavy atom. The van der Waals surface area contributed by atoms with Gasteiger partial charge in [0, 0.05) is 10.5 Å². The SMILES string of the molecule is CCCCCCCCC=CCCCCCCCCC(CCCCCCCCC=CCCCCCCCC)(CC(=O)O)SCCC(=O)O. The molecule has 0 aromatic carbocycles. The predicted molar refractivity (Wildman–Crippen MR) is 208 cm³/mol. The molecule has 5 heteroatoms. The van der Waals surface area contributed by atoms with E-state index < -0.39 is 11.9 Å².